The van der Waals surface area contributed by atoms with Crippen molar-refractivity contribution >= 4 is 40.0 Å². The lowest BCUT2D eigenvalue weighted by Crippen LogP contribution is -2.41. The van der Waals surface area contributed by atoms with Crippen LogP contribution in [0.25, 0.3) is 0 Å². The number of benzene rings is 1. The second-order valence-electron chi connectivity index (χ2n) is 6.57. The van der Waals surface area contributed by atoms with Gasteiger partial charge < -0.3 is 15.2 Å². The van der Waals surface area contributed by atoms with E-state index in [0.29, 0.717) is 25.6 Å². The third-order valence-corrected chi connectivity index (χ3v) is 5.86. The predicted molar refractivity (Wildman–Crippen MR) is 130 cm³/mol. The summed E-state index contributed by atoms with van der Waals surface area (Å²) >= 11 is 0. The molecule has 30 heavy (non-hydrogen) atoms. The van der Waals surface area contributed by atoms with Crippen molar-refractivity contribution in [1.29, 1.82) is 0 Å². The Kier molecular flexibility index (Phi) is 11.3. The van der Waals surface area contributed by atoms with Gasteiger partial charge in [0.1, 0.15) is 5.76 Å². The predicted octanol–water partition coefficient (Wildman–Crippen LogP) is 2.76. The third-order valence-electron chi connectivity index (χ3n) is 4.39. The fourth-order valence-electron chi connectivity index (χ4n) is 2.78. The van der Waals surface area contributed by atoms with E-state index in [1.54, 1.807) is 24.3 Å². The molecule has 2 rings (SSSR count). The van der Waals surface area contributed by atoms with E-state index in [-0.39, 0.29) is 35.4 Å². The topological polar surface area (TPSA) is 109 Å². The van der Waals surface area contributed by atoms with Gasteiger partial charge in [-0.05, 0) is 32.4 Å². The average molecular weight is 549 g/mol. The van der Waals surface area contributed by atoms with Crippen LogP contribution in [0.4, 0.5) is 0 Å². The van der Waals surface area contributed by atoms with E-state index < -0.39 is 10.0 Å². The van der Waals surface area contributed by atoms with Crippen molar-refractivity contribution < 1.29 is 12.9 Å². The molecular formula is C20H32IN5O3S. The number of aliphatic imine (C=N–C) groups is 1. The van der Waals surface area contributed by atoms with Gasteiger partial charge in [-0.25, -0.2) is 18.1 Å². The Morgan fingerprint density at radius 1 is 1.07 bits per heavy atom. The van der Waals surface area contributed by atoms with Crippen LogP contribution in [-0.2, 0) is 29.4 Å². The maximum absolute atomic E-state index is 12.3. The quantitative estimate of drug-likeness (QED) is 0.182. The number of guanidine groups is 1. The second kappa shape index (κ2) is 12.9. The largest absolute Gasteiger partial charge is 0.361 e. The van der Waals surface area contributed by atoms with E-state index in [0.717, 1.165) is 35.4 Å². The van der Waals surface area contributed by atoms with Crippen molar-refractivity contribution in [2.24, 2.45) is 4.99 Å². The van der Waals surface area contributed by atoms with E-state index in [1.807, 2.05) is 27.7 Å². The van der Waals surface area contributed by atoms with Crippen LogP contribution < -0.4 is 15.4 Å². The minimum absolute atomic E-state index is 0. The molecule has 10 heteroatoms. The molecule has 2 aromatic rings. The summed E-state index contributed by atoms with van der Waals surface area (Å²) in [7, 11) is -3.52. The van der Waals surface area contributed by atoms with Crippen LogP contribution >= 0.6 is 24.0 Å². The number of hydrogen-bond donors (Lipinski definition) is 3. The van der Waals surface area contributed by atoms with Crippen molar-refractivity contribution in [3.63, 3.8) is 0 Å². The molecule has 168 valence electrons. The molecule has 0 bridgehead atoms. The Bertz CT molecular complexity index is 890. The summed E-state index contributed by atoms with van der Waals surface area (Å²) in [5.74, 6) is 1.47. The van der Waals surface area contributed by atoms with Crippen LogP contribution in [0.5, 0.6) is 0 Å². The van der Waals surface area contributed by atoms with E-state index in [2.05, 4.69) is 25.5 Å². The zero-order chi connectivity index (χ0) is 21.3. The van der Waals surface area contributed by atoms with E-state index in [4.69, 9.17) is 4.52 Å². The molecule has 0 aliphatic heterocycles. The van der Waals surface area contributed by atoms with Gasteiger partial charge in [0.25, 0.3) is 0 Å². The summed E-state index contributed by atoms with van der Waals surface area (Å²) < 4.78 is 32.6. The molecule has 0 atom stereocenters. The highest BCUT2D eigenvalue weighted by Gasteiger charge is 2.14. The molecule has 0 spiro atoms. The second-order valence-corrected chi connectivity index (χ2v) is 8.34. The summed E-state index contributed by atoms with van der Waals surface area (Å²) in [5, 5.41) is 10.4. The van der Waals surface area contributed by atoms with Crippen molar-refractivity contribution in [3.05, 3.63) is 46.8 Å². The highest BCUT2D eigenvalue weighted by molar-refractivity contribution is 14.0. The summed E-state index contributed by atoms with van der Waals surface area (Å²) in [5.41, 5.74) is 2.96. The van der Waals surface area contributed by atoms with Gasteiger partial charge in [0.2, 0.25) is 10.0 Å². The summed E-state index contributed by atoms with van der Waals surface area (Å²) in [6, 6.07) is 6.77. The molecule has 1 aromatic carbocycles. The normalized spacial score (nSPS) is 11.8. The molecule has 8 nitrogen and oxygen atoms in total. The van der Waals surface area contributed by atoms with Crippen LogP contribution in [0.2, 0.25) is 0 Å². The van der Waals surface area contributed by atoms with Crippen LogP contribution in [0.1, 0.15) is 43.4 Å². The number of nitrogens with one attached hydrogen (secondary N) is 3. The molecule has 1 heterocycles. The first-order chi connectivity index (χ1) is 13.9. The summed E-state index contributed by atoms with van der Waals surface area (Å²) in [4.78, 5) is 4.85. The van der Waals surface area contributed by atoms with E-state index in [1.165, 1.54) is 0 Å². The molecule has 3 N–H and O–H groups in total. The zero-order valence-corrected chi connectivity index (χ0v) is 21.1. The lowest BCUT2D eigenvalue weighted by molar-refractivity contribution is 0.380. The van der Waals surface area contributed by atoms with Gasteiger partial charge in [0.15, 0.2) is 5.96 Å². The average Bonchev–Trinajstić information content (AvgIpc) is 3.11. The number of aromatic nitrogens is 1. The van der Waals surface area contributed by atoms with Gasteiger partial charge in [-0.1, -0.05) is 36.7 Å². The Hall–Kier alpha value is -1.66. The fraction of sp³-hybridized carbons (Fsp3) is 0.500. The highest BCUT2D eigenvalue weighted by atomic mass is 127. The fourth-order valence-corrected chi connectivity index (χ4v) is 3.82. The highest BCUT2D eigenvalue weighted by Crippen LogP contribution is 2.16. The van der Waals surface area contributed by atoms with Gasteiger partial charge in [0, 0.05) is 31.6 Å². The maximum Gasteiger partial charge on any atom is 0.240 e. The van der Waals surface area contributed by atoms with Gasteiger partial charge in [-0.15, -0.1) is 24.0 Å². The number of halogens is 1. The number of rotatable bonds is 10. The summed E-state index contributed by atoms with van der Waals surface area (Å²) in [6.07, 6.45) is 1.56. The van der Waals surface area contributed by atoms with Crippen molar-refractivity contribution in [2.75, 3.05) is 19.6 Å². The van der Waals surface area contributed by atoms with E-state index >= 15 is 0 Å². The first-order valence-electron chi connectivity index (χ1n) is 9.96. The Morgan fingerprint density at radius 2 is 1.77 bits per heavy atom. The molecule has 0 aliphatic carbocycles. The smallest absolute Gasteiger partial charge is 0.240 e. The van der Waals surface area contributed by atoms with Crippen LogP contribution in [0.3, 0.4) is 0 Å². The van der Waals surface area contributed by atoms with Gasteiger partial charge in [0.05, 0.1) is 17.1 Å². The number of aryl methyl sites for hydroxylation is 3. The Balaban J connectivity index is 0.00000450. The maximum atomic E-state index is 12.3. The molecule has 0 amide bonds. The van der Waals surface area contributed by atoms with Crippen molar-refractivity contribution in [2.45, 2.75) is 52.0 Å². The first kappa shape index (κ1) is 26.4. The Labute approximate surface area is 196 Å². The minimum atomic E-state index is -3.52. The van der Waals surface area contributed by atoms with E-state index in [9.17, 15) is 8.42 Å². The summed E-state index contributed by atoms with van der Waals surface area (Å²) in [6.45, 7) is 9.76. The molecule has 0 aliphatic rings. The zero-order valence-electron chi connectivity index (χ0n) is 18.0. The Morgan fingerprint density at radius 3 is 2.37 bits per heavy atom. The minimum Gasteiger partial charge on any atom is -0.361 e. The lowest BCUT2D eigenvalue weighted by atomic mass is 10.1. The first-order valence-corrected chi connectivity index (χ1v) is 11.4. The van der Waals surface area contributed by atoms with Crippen LogP contribution in [0, 0.1) is 6.92 Å². The number of sulfonamides is 1. The SMILES string of the molecule is CCNC(=NCc1c(CC)noc1CC)NCCNS(=O)(=O)c1ccc(C)cc1.I. The molecule has 0 fully saturated rings. The lowest BCUT2D eigenvalue weighted by Gasteiger charge is -2.12. The molecule has 1 aromatic heterocycles. The van der Waals surface area contributed by atoms with Crippen molar-refractivity contribution in [3.8, 4) is 0 Å². The van der Waals surface area contributed by atoms with Gasteiger partial charge >= 0.3 is 0 Å². The van der Waals surface area contributed by atoms with Gasteiger partial charge in [-0.3, -0.25) is 0 Å². The third kappa shape index (κ3) is 7.55. The number of hydrogen-bond acceptors (Lipinski definition) is 5. The molecule has 0 saturated carbocycles. The molecular weight excluding hydrogens is 517 g/mol. The molecule has 0 radical (unpaired) electrons. The van der Waals surface area contributed by atoms with Gasteiger partial charge in [-0.2, -0.15) is 0 Å². The van der Waals surface area contributed by atoms with Crippen LogP contribution in [0.15, 0.2) is 38.7 Å². The number of nitrogens with zero attached hydrogens (tertiary/aromatic N) is 2. The van der Waals surface area contributed by atoms with Crippen LogP contribution in [-0.4, -0.2) is 39.2 Å². The monoisotopic (exact) mass is 549 g/mol. The molecule has 0 saturated heterocycles. The molecule has 0 unspecified atom stereocenters. The van der Waals surface area contributed by atoms with Crippen molar-refractivity contribution in [1.82, 2.24) is 20.5 Å². The standard InChI is InChI=1S/C20H31N5O3S.HI/c1-5-18-17(19(6-2)28-25-18)14-23-20(21-7-3)22-12-13-24-29(26,27)16-10-8-15(4)9-11-16;/h8-11,24H,5-7,12-14H2,1-4H3,(H2,21,22,23);1H.